The summed E-state index contributed by atoms with van der Waals surface area (Å²) in [5.41, 5.74) is 2.48. The highest BCUT2D eigenvalue weighted by Gasteiger charge is 2.13. The molecule has 0 saturated carbocycles. The Hall–Kier alpha value is -3.07. The number of hydrogen-bond acceptors (Lipinski definition) is 8. The molecular formula is C17H16N6O2S. The summed E-state index contributed by atoms with van der Waals surface area (Å²) >= 11 is 1.44. The standard InChI is InChI=1S/C17H16N6O2S/c1-10-20-21-17(25-10)13-6-5-12(9-18-13)26-22-15-14(24-3)7-4-11-8-19-23(2)16(11)15/h4-9,22H,1-3H3. The molecule has 0 saturated heterocycles. The first-order valence-electron chi connectivity index (χ1n) is 7.84. The van der Waals surface area contributed by atoms with E-state index in [2.05, 4.69) is 25.0 Å². The monoisotopic (exact) mass is 368 g/mol. The zero-order chi connectivity index (χ0) is 18.1. The maximum absolute atomic E-state index is 5.49. The second-order valence-corrected chi connectivity index (χ2v) is 6.44. The first-order valence-corrected chi connectivity index (χ1v) is 8.65. The van der Waals surface area contributed by atoms with Gasteiger partial charge in [0.05, 0.1) is 18.8 Å². The number of aryl methyl sites for hydroxylation is 2. The van der Waals surface area contributed by atoms with Gasteiger partial charge < -0.3 is 13.9 Å². The van der Waals surface area contributed by atoms with E-state index in [9.17, 15) is 0 Å². The van der Waals surface area contributed by atoms with Gasteiger partial charge >= 0.3 is 0 Å². The highest BCUT2D eigenvalue weighted by molar-refractivity contribution is 8.00. The smallest absolute Gasteiger partial charge is 0.266 e. The Labute approximate surface area is 153 Å². The van der Waals surface area contributed by atoms with E-state index in [1.807, 2.05) is 42.2 Å². The van der Waals surface area contributed by atoms with E-state index in [1.165, 1.54) is 11.9 Å². The van der Waals surface area contributed by atoms with Crippen LogP contribution in [-0.2, 0) is 7.05 Å². The second kappa shape index (κ2) is 6.68. The van der Waals surface area contributed by atoms with E-state index in [0.29, 0.717) is 17.5 Å². The average Bonchev–Trinajstić information content (AvgIpc) is 3.26. The van der Waals surface area contributed by atoms with Crippen LogP contribution in [0.2, 0.25) is 0 Å². The molecule has 0 aliphatic carbocycles. The van der Waals surface area contributed by atoms with Gasteiger partial charge in [0, 0.05) is 30.4 Å². The molecule has 0 aliphatic rings. The molecule has 1 aromatic carbocycles. The molecule has 0 unspecified atom stereocenters. The maximum atomic E-state index is 5.49. The maximum Gasteiger partial charge on any atom is 0.266 e. The number of fused-ring (bicyclic) bond motifs is 1. The minimum Gasteiger partial charge on any atom is -0.494 e. The van der Waals surface area contributed by atoms with Crippen molar-refractivity contribution in [3.8, 4) is 17.3 Å². The lowest BCUT2D eigenvalue weighted by Crippen LogP contribution is -1.98. The molecule has 0 aliphatic heterocycles. The number of benzene rings is 1. The minimum atomic E-state index is 0.410. The van der Waals surface area contributed by atoms with E-state index >= 15 is 0 Å². The van der Waals surface area contributed by atoms with Crippen LogP contribution in [0.25, 0.3) is 22.5 Å². The lowest BCUT2D eigenvalue weighted by molar-refractivity contribution is 0.417. The van der Waals surface area contributed by atoms with Crippen LogP contribution in [0.3, 0.4) is 0 Å². The lowest BCUT2D eigenvalue weighted by Gasteiger charge is -2.12. The summed E-state index contributed by atoms with van der Waals surface area (Å²) in [4.78, 5) is 5.32. The van der Waals surface area contributed by atoms with E-state index in [0.717, 1.165) is 27.2 Å². The van der Waals surface area contributed by atoms with Crippen LogP contribution in [0.5, 0.6) is 5.75 Å². The van der Waals surface area contributed by atoms with Crippen LogP contribution in [0, 0.1) is 6.92 Å². The SMILES string of the molecule is COc1ccc2cnn(C)c2c1NSc1ccc(-c2nnc(C)o2)nc1. The molecule has 9 heteroatoms. The van der Waals surface area contributed by atoms with Crippen LogP contribution in [0.4, 0.5) is 5.69 Å². The van der Waals surface area contributed by atoms with E-state index < -0.39 is 0 Å². The minimum absolute atomic E-state index is 0.410. The predicted molar refractivity (Wildman–Crippen MR) is 99.0 cm³/mol. The highest BCUT2D eigenvalue weighted by atomic mass is 32.2. The fourth-order valence-corrected chi connectivity index (χ4v) is 3.25. The molecule has 132 valence electrons. The number of aromatic nitrogens is 5. The fraction of sp³-hybridized carbons (Fsp3) is 0.176. The van der Waals surface area contributed by atoms with Crippen molar-refractivity contribution < 1.29 is 9.15 Å². The van der Waals surface area contributed by atoms with Crippen molar-refractivity contribution in [1.29, 1.82) is 0 Å². The van der Waals surface area contributed by atoms with Crippen molar-refractivity contribution in [2.24, 2.45) is 7.05 Å². The number of anilines is 1. The van der Waals surface area contributed by atoms with Crippen molar-refractivity contribution in [2.75, 3.05) is 11.8 Å². The zero-order valence-corrected chi connectivity index (χ0v) is 15.2. The molecule has 8 nitrogen and oxygen atoms in total. The molecule has 1 N–H and O–H groups in total. The molecule has 4 rings (SSSR count). The van der Waals surface area contributed by atoms with E-state index in [-0.39, 0.29) is 0 Å². The van der Waals surface area contributed by atoms with Gasteiger partial charge in [-0.15, -0.1) is 10.2 Å². The third-order valence-corrected chi connectivity index (χ3v) is 4.62. The highest BCUT2D eigenvalue weighted by Crippen LogP contribution is 2.36. The molecule has 26 heavy (non-hydrogen) atoms. The summed E-state index contributed by atoms with van der Waals surface area (Å²) in [5.74, 6) is 1.67. The fourth-order valence-electron chi connectivity index (χ4n) is 2.59. The van der Waals surface area contributed by atoms with Crippen molar-refractivity contribution >= 4 is 28.5 Å². The second-order valence-electron chi connectivity index (χ2n) is 5.56. The Kier molecular flexibility index (Phi) is 4.21. The van der Waals surface area contributed by atoms with Gasteiger partial charge in [0.1, 0.15) is 17.1 Å². The van der Waals surface area contributed by atoms with Gasteiger partial charge in [0.25, 0.3) is 5.89 Å². The topological polar surface area (TPSA) is 90.9 Å². The molecular weight excluding hydrogens is 352 g/mol. The summed E-state index contributed by atoms with van der Waals surface area (Å²) in [6, 6.07) is 7.69. The first-order chi connectivity index (χ1) is 12.7. The third-order valence-electron chi connectivity index (χ3n) is 3.84. The van der Waals surface area contributed by atoms with Crippen LogP contribution >= 0.6 is 11.9 Å². The molecule has 0 fully saturated rings. The van der Waals surface area contributed by atoms with Crippen LogP contribution in [0.15, 0.2) is 46.0 Å². The molecule has 0 amide bonds. The molecule has 0 bridgehead atoms. The molecule has 0 radical (unpaired) electrons. The van der Waals surface area contributed by atoms with Gasteiger partial charge in [-0.2, -0.15) is 5.10 Å². The number of rotatable bonds is 5. The van der Waals surface area contributed by atoms with E-state index in [4.69, 9.17) is 9.15 Å². The number of nitrogens with one attached hydrogen (secondary N) is 1. The number of ether oxygens (including phenoxy) is 1. The average molecular weight is 368 g/mol. The Morgan fingerprint density at radius 3 is 2.73 bits per heavy atom. The Bertz CT molecular complexity index is 1060. The van der Waals surface area contributed by atoms with Gasteiger partial charge in [-0.05, 0) is 36.2 Å². The molecule has 3 heterocycles. The van der Waals surface area contributed by atoms with Gasteiger partial charge in [-0.3, -0.25) is 4.68 Å². The number of methoxy groups -OCH3 is 1. The zero-order valence-electron chi connectivity index (χ0n) is 14.4. The molecule has 3 aromatic heterocycles. The summed E-state index contributed by atoms with van der Waals surface area (Å²) in [6.07, 6.45) is 3.58. The largest absolute Gasteiger partial charge is 0.494 e. The third kappa shape index (κ3) is 2.97. The van der Waals surface area contributed by atoms with Gasteiger partial charge in [0.2, 0.25) is 5.89 Å². The van der Waals surface area contributed by atoms with Crippen molar-refractivity contribution in [1.82, 2.24) is 25.0 Å². The van der Waals surface area contributed by atoms with Gasteiger partial charge in [-0.25, -0.2) is 4.98 Å². The first kappa shape index (κ1) is 16.4. The predicted octanol–water partition coefficient (Wildman–Crippen LogP) is 3.45. The van der Waals surface area contributed by atoms with Gasteiger partial charge in [0.15, 0.2) is 0 Å². The summed E-state index contributed by atoms with van der Waals surface area (Å²) in [7, 11) is 3.55. The number of nitrogens with zero attached hydrogens (tertiary/aromatic N) is 5. The van der Waals surface area contributed by atoms with Crippen molar-refractivity contribution in [3.05, 3.63) is 42.5 Å². The number of hydrogen-bond donors (Lipinski definition) is 1. The molecule has 4 aromatic rings. The quantitative estimate of drug-likeness (QED) is 0.536. The Balaban J connectivity index is 1.57. The van der Waals surface area contributed by atoms with Crippen molar-refractivity contribution in [3.63, 3.8) is 0 Å². The normalized spacial score (nSPS) is 11.0. The van der Waals surface area contributed by atoms with Crippen LogP contribution < -0.4 is 9.46 Å². The van der Waals surface area contributed by atoms with Crippen molar-refractivity contribution in [2.45, 2.75) is 11.8 Å². The molecule has 0 spiro atoms. The molecule has 0 atom stereocenters. The van der Waals surface area contributed by atoms with Crippen LogP contribution in [0.1, 0.15) is 5.89 Å². The Morgan fingerprint density at radius 1 is 1.15 bits per heavy atom. The van der Waals surface area contributed by atoms with Crippen LogP contribution in [-0.4, -0.2) is 32.1 Å². The summed E-state index contributed by atoms with van der Waals surface area (Å²) in [6.45, 7) is 1.75. The van der Waals surface area contributed by atoms with Gasteiger partial charge in [-0.1, -0.05) is 0 Å². The van der Waals surface area contributed by atoms with E-state index in [1.54, 1.807) is 20.2 Å². The summed E-state index contributed by atoms with van der Waals surface area (Å²) in [5, 5.41) is 13.1. The Morgan fingerprint density at radius 2 is 2.04 bits per heavy atom. The number of pyridine rings is 1. The lowest BCUT2D eigenvalue weighted by atomic mass is 10.2. The summed E-state index contributed by atoms with van der Waals surface area (Å²) < 4.78 is 16.0.